The van der Waals surface area contributed by atoms with Gasteiger partial charge in [-0.2, -0.15) is 40.4 Å². The maximum atomic E-state index is 15.3. The van der Waals surface area contributed by atoms with E-state index in [1.807, 2.05) is 0 Å². The lowest BCUT2D eigenvalue weighted by atomic mass is 9.82. The maximum absolute atomic E-state index is 15.3. The van der Waals surface area contributed by atoms with E-state index in [0.29, 0.717) is 24.3 Å². The summed E-state index contributed by atoms with van der Waals surface area (Å²) in [7, 11) is 0. The summed E-state index contributed by atoms with van der Waals surface area (Å²) in [5.41, 5.74) is -11.8. The number of nitrogens with zero attached hydrogens (tertiary/aromatic N) is 1. The third kappa shape index (κ3) is 4.71. The van der Waals surface area contributed by atoms with Gasteiger partial charge in [0.1, 0.15) is 0 Å². The Morgan fingerprint density at radius 2 is 1.24 bits per heavy atom. The van der Waals surface area contributed by atoms with Crippen molar-refractivity contribution in [1.82, 2.24) is 0 Å². The summed E-state index contributed by atoms with van der Waals surface area (Å²) in [5.74, 6) is -9.56. The van der Waals surface area contributed by atoms with Crippen LogP contribution in [0, 0.1) is 11.3 Å². The molecule has 0 spiro atoms. The highest BCUT2D eigenvalue weighted by atomic mass is 79.9. The van der Waals surface area contributed by atoms with Gasteiger partial charge in [-0.05, 0) is 45.3 Å². The molecule has 1 unspecified atom stereocenters. The summed E-state index contributed by atoms with van der Waals surface area (Å²) >= 11 is 2.28. The van der Waals surface area contributed by atoms with E-state index in [0.717, 1.165) is 12.1 Å². The average molecular weight is 560 g/mol. The summed E-state index contributed by atoms with van der Waals surface area (Å²) in [5, 5.41) is 8.76. The van der Waals surface area contributed by atoms with Crippen LogP contribution in [0.5, 0.6) is 5.75 Å². The fraction of sp³-hybridized carbons (Fsp3) is 0.278. The van der Waals surface area contributed by atoms with Gasteiger partial charge in [-0.3, -0.25) is 0 Å². The smallest absolute Gasteiger partial charge is 0.404 e. The Balaban J connectivity index is 3.11. The molecule has 0 aromatic heterocycles. The standard InChI is InChI=1S/C18H6BrF12NO/c19-11-6-5-10(9-3-1-8(7-32)2-4-9)12(13(11)33-18(29,30)31)14(20,16(23,24)25)15(21,22)17(26,27)28/h1-6H. The van der Waals surface area contributed by atoms with E-state index >= 15 is 4.39 Å². The molecule has 0 radical (unpaired) electrons. The highest BCUT2D eigenvalue weighted by Gasteiger charge is 2.83. The van der Waals surface area contributed by atoms with E-state index in [1.165, 1.54) is 0 Å². The van der Waals surface area contributed by atoms with E-state index in [-0.39, 0.29) is 5.56 Å². The van der Waals surface area contributed by atoms with Crippen molar-refractivity contribution in [3.05, 3.63) is 52.0 Å². The summed E-state index contributed by atoms with van der Waals surface area (Å²) in [6.07, 6.45) is -20.2. The Labute approximate surface area is 184 Å². The first-order valence-corrected chi connectivity index (χ1v) is 8.86. The maximum Gasteiger partial charge on any atom is 0.573 e. The molecule has 2 aromatic rings. The van der Waals surface area contributed by atoms with Crippen LogP contribution in [0.4, 0.5) is 52.7 Å². The molecule has 15 heteroatoms. The van der Waals surface area contributed by atoms with Gasteiger partial charge in [-0.15, -0.1) is 13.2 Å². The van der Waals surface area contributed by atoms with Crippen molar-refractivity contribution in [3.63, 3.8) is 0 Å². The predicted octanol–water partition coefficient (Wildman–Crippen LogP) is 7.81. The van der Waals surface area contributed by atoms with Crippen LogP contribution in [0.1, 0.15) is 11.1 Å². The highest BCUT2D eigenvalue weighted by molar-refractivity contribution is 9.10. The van der Waals surface area contributed by atoms with Gasteiger partial charge in [0, 0.05) is 0 Å². The summed E-state index contributed by atoms with van der Waals surface area (Å²) in [6.45, 7) is 0. The molecule has 180 valence electrons. The van der Waals surface area contributed by atoms with Crippen LogP contribution in [-0.2, 0) is 5.67 Å². The topological polar surface area (TPSA) is 33.0 Å². The molecule has 2 rings (SSSR count). The molecule has 0 aliphatic rings. The molecule has 33 heavy (non-hydrogen) atoms. The molecule has 0 bridgehead atoms. The van der Waals surface area contributed by atoms with E-state index in [1.54, 1.807) is 6.07 Å². The van der Waals surface area contributed by atoms with Crippen molar-refractivity contribution in [2.45, 2.75) is 30.3 Å². The van der Waals surface area contributed by atoms with Crippen molar-refractivity contribution in [2.24, 2.45) is 0 Å². The van der Waals surface area contributed by atoms with E-state index in [2.05, 4.69) is 20.7 Å². The van der Waals surface area contributed by atoms with Crippen molar-refractivity contribution < 1.29 is 57.4 Å². The van der Waals surface area contributed by atoms with Crippen LogP contribution < -0.4 is 4.74 Å². The Morgan fingerprint density at radius 3 is 1.64 bits per heavy atom. The van der Waals surface area contributed by atoms with Gasteiger partial charge in [-0.25, -0.2) is 4.39 Å². The second-order valence-electron chi connectivity index (χ2n) is 6.26. The molecule has 2 nitrogen and oxygen atoms in total. The minimum atomic E-state index is -7.26. The van der Waals surface area contributed by atoms with Crippen molar-refractivity contribution in [2.75, 3.05) is 0 Å². The molecule has 0 heterocycles. The van der Waals surface area contributed by atoms with Gasteiger partial charge in [0.2, 0.25) is 0 Å². The monoisotopic (exact) mass is 559 g/mol. The Hall–Kier alpha value is -2.63. The normalized spacial score (nSPS) is 15.0. The number of rotatable bonds is 4. The quantitative estimate of drug-likeness (QED) is 0.358. The van der Waals surface area contributed by atoms with Crippen LogP contribution in [0.15, 0.2) is 40.9 Å². The van der Waals surface area contributed by atoms with Crippen LogP contribution in [0.2, 0.25) is 0 Å². The largest absolute Gasteiger partial charge is 0.573 e. The fourth-order valence-corrected chi connectivity index (χ4v) is 3.16. The van der Waals surface area contributed by atoms with Crippen LogP contribution in [0.3, 0.4) is 0 Å². The first-order chi connectivity index (χ1) is 14.8. The van der Waals surface area contributed by atoms with Gasteiger partial charge >= 0.3 is 30.3 Å². The number of halogens is 13. The molecule has 0 aliphatic carbocycles. The van der Waals surface area contributed by atoms with E-state index in [4.69, 9.17) is 5.26 Å². The molecular formula is C18H6BrF12NO. The number of ether oxygens (including phenoxy) is 1. The lowest BCUT2D eigenvalue weighted by Gasteiger charge is -2.38. The zero-order chi connectivity index (χ0) is 25.6. The third-order valence-electron chi connectivity index (χ3n) is 4.18. The highest BCUT2D eigenvalue weighted by Crippen LogP contribution is 2.62. The molecule has 0 saturated carbocycles. The van der Waals surface area contributed by atoms with Crippen molar-refractivity contribution in [1.29, 1.82) is 5.26 Å². The summed E-state index contributed by atoms with van der Waals surface area (Å²) in [4.78, 5) is 0. The second-order valence-corrected chi connectivity index (χ2v) is 7.12. The number of hydrogen-bond acceptors (Lipinski definition) is 2. The SMILES string of the molecule is N#Cc1ccc(-c2ccc(Br)c(OC(F)(F)F)c2C(F)(C(F)(F)F)C(F)(F)C(F)(F)F)cc1. The second kappa shape index (κ2) is 8.30. The van der Waals surface area contributed by atoms with Crippen LogP contribution >= 0.6 is 15.9 Å². The Bertz CT molecular complexity index is 1070. The van der Waals surface area contributed by atoms with Crippen molar-refractivity contribution in [3.8, 4) is 22.9 Å². The first-order valence-electron chi connectivity index (χ1n) is 8.07. The first kappa shape index (κ1) is 26.6. The van der Waals surface area contributed by atoms with Gasteiger partial charge in [0.05, 0.1) is 21.7 Å². The van der Waals surface area contributed by atoms with E-state index < -0.39 is 57.2 Å². The number of nitriles is 1. The third-order valence-corrected chi connectivity index (χ3v) is 4.80. The summed E-state index contributed by atoms with van der Waals surface area (Å²) in [6, 6.07) is 5.63. The van der Waals surface area contributed by atoms with Gasteiger partial charge in [-0.1, -0.05) is 18.2 Å². The van der Waals surface area contributed by atoms with Crippen LogP contribution in [-0.4, -0.2) is 24.6 Å². The molecule has 0 amide bonds. The molecule has 0 fully saturated rings. The lowest BCUT2D eigenvalue weighted by molar-refractivity contribution is -0.389. The number of benzene rings is 2. The zero-order valence-corrected chi connectivity index (χ0v) is 16.8. The molecule has 2 aromatic carbocycles. The minimum absolute atomic E-state index is 0.160. The zero-order valence-electron chi connectivity index (χ0n) is 15.2. The van der Waals surface area contributed by atoms with E-state index in [9.17, 15) is 48.3 Å². The number of alkyl halides is 12. The fourth-order valence-electron chi connectivity index (χ4n) is 2.75. The van der Waals surface area contributed by atoms with Crippen LogP contribution in [0.25, 0.3) is 11.1 Å². The molecule has 0 N–H and O–H groups in total. The molecular weight excluding hydrogens is 554 g/mol. The Kier molecular flexibility index (Phi) is 6.69. The van der Waals surface area contributed by atoms with Gasteiger partial charge < -0.3 is 4.74 Å². The van der Waals surface area contributed by atoms with Gasteiger partial charge in [0.15, 0.2) is 5.75 Å². The minimum Gasteiger partial charge on any atom is -0.404 e. The van der Waals surface area contributed by atoms with Gasteiger partial charge in [0.25, 0.3) is 0 Å². The summed E-state index contributed by atoms with van der Waals surface area (Å²) < 4.78 is 164. The molecule has 0 saturated heterocycles. The predicted molar refractivity (Wildman–Crippen MR) is 90.8 cm³/mol. The average Bonchev–Trinajstić information content (AvgIpc) is 2.66. The molecule has 1 atom stereocenters. The molecule has 0 aliphatic heterocycles. The number of hydrogen-bond donors (Lipinski definition) is 0. The van der Waals surface area contributed by atoms with Crippen molar-refractivity contribution >= 4 is 15.9 Å². The lowest BCUT2D eigenvalue weighted by Crippen LogP contribution is -2.60. The Morgan fingerprint density at radius 1 is 0.727 bits per heavy atom.